The fourth-order valence-corrected chi connectivity index (χ4v) is 2.43. The Balaban J connectivity index is 0.000000336. The van der Waals surface area contributed by atoms with Crippen LogP contribution in [0.15, 0.2) is 0 Å². The van der Waals surface area contributed by atoms with Crippen LogP contribution in [0.2, 0.25) is 0 Å². The van der Waals surface area contributed by atoms with Crippen LogP contribution in [-0.2, 0) is 0 Å². The van der Waals surface area contributed by atoms with Crippen LogP contribution in [0.3, 0.4) is 0 Å². The molecule has 0 aromatic rings. The first-order valence-electron chi connectivity index (χ1n) is 5.07. The highest BCUT2D eigenvalue weighted by Gasteiger charge is 2.46. The molecule has 1 spiro atoms. The summed E-state index contributed by atoms with van der Waals surface area (Å²) < 4.78 is 0. The molecule has 1 aliphatic heterocycles. The first-order chi connectivity index (χ1) is 5.70. The van der Waals surface area contributed by atoms with Gasteiger partial charge in [-0.2, -0.15) is 0 Å². The minimum Gasteiger partial charge on any atom is -0.393 e. The third kappa shape index (κ3) is 1.80. The molecule has 1 saturated carbocycles. The zero-order chi connectivity index (χ0) is 9.19. The Morgan fingerprint density at radius 3 is 2.25 bits per heavy atom. The predicted molar refractivity (Wildman–Crippen MR) is 51.1 cm³/mol. The van der Waals surface area contributed by atoms with Crippen LogP contribution in [0.4, 0.5) is 0 Å². The lowest BCUT2D eigenvalue weighted by Crippen LogP contribution is -2.42. The van der Waals surface area contributed by atoms with Crippen molar-refractivity contribution in [3.8, 4) is 0 Å². The number of aliphatic hydroxyl groups excluding tert-OH is 1. The van der Waals surface area contributed by atoms with Crippen LogP contribution < -0.4 is 0 Å². The van der Waals surface area contributed by atoms with Gasteiger partial charge in [0.25, 0.3) is 0 Å². The summed E-state index contributed by atoms with van der Waals surface area (Å²) in [5.41, 5.74) is 0.536. The number of hydrogen-bond donors (Lipinski definition) is 1. The lowest BCUT2D eigenvalue weighted by molar-refractivity contribution is -0.0239. The predicted octanol–water partition coefficient (Wildman–Crippen LogP) is 1.49. The van der Waals surface area contributed by atoms with Gasteiger partial charge in [0.2, 0.25) is 0 Å². The average Bonchev–Trinajstić information content (AvgIpc) is 2.36. The quantitative estimate of drug-likeness (QED) is 0.597. The topological polar surface area (TPSA) is 23.5 Å². The minimum atomic E-state index is 0.0199. The van der Waals surface area contributed by atoms with Gasteiger partial charge >= 0.3 is 0 Å². The lowest BCUT2D eigenvalue weighted by Gasteiger charge is -2.42. The summed E-state index contributed by atoms with van der Waals surface area (Å²) in [7, 11) is 2.17. The molecule has 2 fully saturated rings. The lowest BCUT2D eigenvalue weighted by atomic mass is 9.66. The van der Waals surface area contributed by atoms with E-state index in [9.17, 15) is 0 Å². The van der Waals surface area contributed by atoms with Gasteiger partial charge in [-0.1, -0.05) is 13.8 Å². The molecule has 0 aromatic heterocycles. The van der Waals surface area contributed by atoms with Crippen molar-refractivity contribution in [3.63, 3.8) is 0 Å². The largest absolute Gasteiger partial charge is 0.393 e. The Kier molecular flexibility index (Phi) is 3.13. The highest BCUT2D eigenvalue weighted by Crippen LogP contribution is 2.47. The fourth-order valence-electron chi connectivity index (χ4n) is 2.43. The number of hydrogen-bond acceptors (Lipinski definition) is 2. The van der Waals surface area contributed by atoms with Crippen molar-refractivity contribution < 1.29 is 5.11 Å². The average molecular weight is 171 g/mol. The van der Waals surface area contributed by atoms with E-state index in [1.54, 1.807) is 0 Å². The summed E-state index contributed by atoms with van der Waals surface area (Å²) in [6.07, 6.45) is 3.43. The molecular formula is C10H21NO. The second-order valence-electron chi connectivity index (χ2n) is 4.05. The van der Waals surface area contributed by atoms with Crippen molar-refractivity contribution in [1.29, 1.82) is 0 Å². The maximum atomic E-state index is 9.14. The Morgan fingerprint density at radius 1 is 1.33 bits per heavy atom. The normalized spacial score (nSPS) is 40.5. The van der Waals surface area contributed by atoms with Gasteiger partial charge in [0, 0.05) is 6.54 Å². The van der Waals surface area contributed by atoms with Crippen LogP contribution >= 0.6 is 0 Å². The van der Waals surface area contributed by atoms with Crippen LogP contribution in [0.1, 0.15) is 33.1 Å². The Bertz CT molecular complexity index is 135. The number of aliphatic hydroxyl groups is 1. The second-order valence-corrected chi connectivity index (χ2v) is 4.05. The van der Waals surface area contributed by atoms with Crippen LogP contribution in [0.25, 0.3) is 0 Å². The summed E-state index contributed by atoms with van der Waals surface area (Å²) in [6.45, 7) is 6.44. The van der Waals surface area contributed by atoms with Gasteiger partial charge in [0.1, 0.15) is 0 Å². The van der Waals surface area contributed by atoms with Crippen molar-refractivity contribution >= 4 is 0 Å². The fraction of sp³-hybridized carbons (Fsp3) is 1.00. The van der Waals surface area contributed by atoms with E-state index >= 15 is 0 Å². The molecule has 1 aliphatic carbocycles. The van der Waals surface area contributed by atoms with Crippen LogP contribution in [-0.4, -0.2) is 36.2 Å². The smallest absolute Gasteiger partial charge is 0.0551 e. The van der Waals surface area contributed by atoms with Gasteiger partial charge in [-0.05, 0) is 38.3 Å². The standard InChI is InChI=1S/C8H15NO.C2H6/c1-9-3-2-8(6-9)4-7(10)5-8;1-2/h7,10H,2-6H2,1H3;1-2H3. The summed E-state index contributed by atoms with van der Waals surface area (Å²) in [5.74, 6) is 0. The molecule has 1 N–H and O–H groups in total. The van der Waals surface area contributed by atoms with E-state index in [2.05, 4.69) is 11.9 Å². The van der Waals surface area contributed by atoms with E-state index in [-0.39, 0.29) is 6.10 Å². The number of nitrogens with zero attached hydrogens (tertiary/aromatic N) is 1. The molecule has 2 rings (SSSR count). The van der Waals surface area contributed by atoms with Crippen molar-refractivity contribution in [1.82, 2.24) is 4.90 Å². The first-order valence-corrected chi connectivity index (χ1v) is 5.07. The number of rotatable bonds is 0. The van der Waals surface area contributed by atoms with E-state index in [0.29, 0.717) is 5.41 Å². The van der Waals surface area contributed by atoms with Gasteiger partial charge in [-0.15, -0.1) is 0 Å². The molecule has 0 aromatic carbocycles. The van der Waals surface area contributed by atoms with E-state index in [1.165, 1.54) is 19.5 Å². The Labute approximate surface area is 75.6 Å². The molecule has 1 saturated heterocycles. The van der Waals surface area contributed by atoms with E-state index in [4.69, 9.17) is 5.11 Å². The van der Waals surface area contributed by atoms with Crippen molar-refractivity contribution in [2.45, 2.75) is 39.2 Å². The summed E-state index contributed by atoms with van der Waals surface area (Å²) >= 11 is 0. The molecular weight excluding hydrogens is 150 g/mol. The monoisotopic (exact) mass is 171 g/mol. The molecule has 0 atom stereocenters. The van der Waals surface area contributed by atoms with Gasteiger partial charge < -0.3 is 10.0 Å². The molecule has 0 amide bonds. The molecule has 1 heterocycles. The zero-order valence-electron chi connectivity index (χ0n) is 8.51. The van der Waals surface area contributed by atoms with Crippen LogP contribution in [0, 0.1) is 5.41 Å². The maximum absolute atomic E-state index is 9.14. The molecule has 2 heteroatoms. The summed E-state index contributed by atoms with van der Waals surface area (Å²) in [5, 5.41) is 9.14. The minimum absolute atomic E-state index is 0.0199. The highest BCUT2D eigenvalue weighted by molar-refractivity contribution is 4.99. The SMILES string of the molecule is CC.CN1CCC2(CC(O)C2)C1. The molecule has 0 bridgehead atoms. The molecule has 0 radical (unpaired) electrons. The number of likely N-dealkylation sites (tertiary alicyclic amines) is 1. The van der Waals surface area contributed by atoms with Gasteiger partial charge in [0.05, 0.1) is 6.10 Å². The third-order valence-corrected chi connectivity index (χ3v) is 2.97. The molecule has 2 aliphatic rings. The van der Waals surface area contributed by atoms with E-state index < -0.39 is 0 Å². The van der Waals surface area contributed by atoms with Crippen molar-refractivity contribution in [2.24, 2.45) is 5.41 Å². The molecule has 12 heavy (non-hydrogen) atoms. The molecule has 72 valence electrons. The third-order valence-electron chi connectivity index (χ3n) is 2.97. The summed E-state index contributed by atoms with van der Waals surface area (Å²) in [6, 6.07) is 0. The van der Waals surface area contributed by atoms with E-state index in [0.717, 1.165) is 12.8 Å². The van der Waals surface area contributed by atoms with Crippen molar-refractivity contribution in [3.05, 3.63) is 0 Å². The van der Waals surface area contributed by atoms with Gasteiger partial charge in [-0.25, -0.2) is 0 Å². The van der Waals surface area contributed by atoms with Crippen LogP contribution in [0.5, 0.6) is 0 Å². The Morgan fingerprint density at radius 2 is 1.92 bits per heavy atom. The maximum Gasteiger partial charge on any atom is 0.0551 e. The van der Waals surface area contributed by atoms with Gasteiger partial charge in [-0.3, -0.25) is 0 Å². The van der Waals surface area contributed by atoms with Gasteiger partial charge in [0.15, 0.2) is 0 Å². The Hall–Kier alpha value is -0.0800. The molecule has 2 nitrogen and oxygen atoms in total. The summed E-state index contributed by atoms with van der Waals surface area (Å²) in [4.78, 5) is 2.37. The van der Waals surface area contributed by atoms with E-state index in [1.807, 2.05) is 13.8 Å². The first kappa shape index (κ1) is 10.0. The van der Waals surface area contributed by atoms with Crippen molar-refractivity contribution in [2.75, 3.05) is 20.1 Å². The second kappa shape index (κ2) is 3.75. The highest BCUT2D eigenvalue weighted by atomic mass is 16.3. The zero-order valence-corrected chi connectivity index (χ0v) is 8.51. The molecule has 0 unspecified atom stereocenters.